The third kappa shape index (κ3) is 2.21. The Bertz CT molecular complexity index is 377. The zero-order valence-electron chi connectivity index (χ0n) is 10.2. The van der Waals surface area contributed by atoms with Crippen molar-refractivity contribution in [3.63, 3.8) is 0 Å². The van der Waals surface area contributed by atoms with Crippen molar-refractivity contribution in [3.8, 4) is 0 Å². The van der Waals surface area contributed by atoms with Crippen LogP contribution in [0.15, 0.2) is 4.52 Å². The van der Waals surface area contributed by atoms with Crippen LogP contribution in [0.1, 0.15) is 43.8 Å². The predicted molar refractivity (Wildman–Crippen MR) is 61.3 cm³/mol. The summed E-state index contributed by atoms with van der Waals surface area (Å²) in [7, 11) is 1.72. The number of methoxy groups -OCH3 is 1. The lowest BCUT2D eigenvalue weighted by atomic mass is 9.79. The Hall–Kier alpha value is -0.940. The molecule has 0 unspecified atom stereocenters. The molecule has 0 amide bonds. The van der Waals surface area contributed by atoms with Crippen LogP contribution in [0, 0.1) is 5.92 Å². The van der Waals surface area contributed by atoms with E-state index >= 15 is 0 Å². The molecule has 2 saturated carbocycles. The van der Waals surface area contributed by atoms with Crippen molar-refractivity contribution in [2.45, 2.75) is 44.2 Å². The van der Waals surface area contributed by atoms with Crippen LogP contribution >= 0.6 is 0 Å². The summed E-state index contributed by atoms with van der Waals surface area (Å²) in [4.78, 5) is 4.43. The van der Waals surface area contributed by atoms with Gasteiger partial charge in [0.15, 0.2) is 0 Å². The molecule has 1 aromatic rings. The highest BCUT2D eigenvalue weighted by molar-refractivity contribution is 5.06. The second-order valence-corrected chi connectivity index (χ2v) is 5.14. The molecule has 0 aromatic carbocycles. The summed E-state index contributed by atoms with van der Waals surface area (Å²) < 4.78 is 10.8. The van der Waals surface area contributed by atoms with Crippen LogP contribution in [0.3, 0.4) is 0 Å². The summed E-state index contributed by atoms with van der Waals surface area (Å²) in [6, 6.07) is 0. The van der Waals surface area contributed by atoms with Gasteiger partial charge in [-0.15, -0.1) is 0 Å². The molecule has 3 rings (SSSR count). The van der Waals surface area contributed by atoms with E-state index in [4.69, 9.17) is 9.26 Å². The van der Waals surface area contributed by atoms with Crippen LogP contribution in [0.2, 0.25) is 0 Å². The van der Waals surface area contributed by atoms with Crippen molar-refractivity contribution in [1.29, 1.82) is 0 Å². The lowest BCUT2D eigenvalue weighted by Gasteiger charge is -2.37. The van der Waals surface area contributed by atoms with Gasteiger partial charge in [-0.3, -0.25) is 0 Å². The van der Waals surface area contributed by atoms with Crippen molar-refractivity contribution in [3.05, 3.63) is 11.7 Å². The minimum absolute atomic E-state index is 0.266. The van der Waals surface area contributed by atoms with Crippen LogP contribution in [0.4, 0.5) is 0 Å². The fraction of sp³-hybridized carbons (Fsp3) is 0.833. The topological polar surface area (TPSA) is 60.2 Å². The van der Waals surface area contributed by atoms with Crippen LogP contribution in [0.25, 0.3) is 0 Å². The smallest absolute Gasteiger partial charge is 0.240 e. The van der Waals surface area contributed by atoms with Crippen LogP contribution in [-0.2, 0) is 16.9 Å². The Morgan fingerprint density at radius 3 is 2.88 bits per heavy atom. The third-order valence-electron chi connectivity index (χ3n) is 3.83. The van der Waals surface area contributed by atoms with Crippen LogP contribution in [-0.4, -0.2) is 23.8 Å². The highest BCUT2D eigenvalue weighted by Crippen LogP contribution is 2.42. The molecule has 0 saturated heterocycles. The monoisotopic (exact) mass is 237 g/mol. The van der Waals surface area contributed by atoms with Gasteiger partial charge in [-0.25, -0.2) is 0 Å². The first kappa shape index (κ1) is 11.2. The molecule has 94 valence electrons. The molecule has 5 heteroatoms. The van der Waals surface area contributed by atoms with E-state index in [9.17, 15) is 0 Å². The fourth-order valence-corrected chi connectivity index (χ4v) is 2.23. The number of aromatic nitrogens is 2. The van der Waals surface area contributed by atoms with Gasteiger partial charge in [-0.1, -0.05) is 5.16 Å². The van der Waals surface area contributed by atoms with E-state index in [1.807, 2.05) is 0 Å². The molecule has 2 aliphatic rings. The molecule has 2 fully saturated rings. The second kappa shape index (κ2) is 4.38. The van der Waals surface area contributed by atoms with E-state index in [0.29, 0.717) is 12.4 Å². The highest BCUT2D eigenvalue weighted by atomic mass is 16.5. The largest absolute Gasteiger partial charge is 0.370 e. The minimum Gasteiger partial charge on any atom is -0.370 e. The highest BCUT2D eigenvalue weighted by Gasteiger charge is 2.43. The number of rotatable bonds is 6. The maximum atomic E-state index is 5.52. The summed E-state index contributed by atoms with van der Waals surface area (Å²) in [6.07, 6.45) is 5.89. The molecular formula is C12H19N3O2. The number of hydrogen-bond acceptors (Lipinski definition) is 5. The van der Waals surface area contributed by atoms with Crippen molar-refractivity contribution < 1.29 is 9.26 Å². The number of ether oxygens (including phenoxy) is 1. The molecule has 17 heavy (non-hydrogen) atoms. The van der Waals surface area contributed by atoms with Gasteiger partial charge in [0.2, 0.25) is 11.7 Å². The van der Waals surface area contributed by atoms with Crippen LogP contribution in [0.5, 0.6) is 0 Å². The quantitative estimate of drug-likeness (QED) is 0.814. The van der Waals surface area contributed by atoms with Crippen molar-refractivity contribution in [2.75, 3.05) is 13.7 Å². The molecule has 0 bridgehead atoms. The Labute approximate surface area is 101 Å². The van der Waals surface area contributed by atoms with E-state index in [1.165, 1.54) is 19.3 Å². The zero-order chi connectivity index (χ0) is 11.7. The normalized spacial score (nSPS) is 22.4. The van der Waals surface area contributed by atoms with E-state index < -0.39 is 0 Å². The Morgan fingerprint density at radius 1 is 1.47 bits per heavy atom. The summed E-state index contributed by atoms with van der Waals surface area (Å²) in [5.41, 5.74) is -0.266. The van der Waals surface area contributed by atoms with Gasteiger partial charge in [-0.05, 0) is 44.6 Å². The van der Waals surface area contributed by atoms with Gasteiger partial charge in [0.1, 0.15) is 5.60 Å². The predicted octanol–water partition coefficient (Wildman–Crippen LogP) is 1.59. The van der Waals surface area contributed by atoms with E-state index in [-0.39, 0.29) is 5.60 Å². The van der Waals surface area contributed by atoms with Gasteiger partial charge in [0.05, 0.1) is 6.54 Å². The maximum Gasteiger partial charge on any atom is 0.240 e. The minimum atomic E-state index is -0.266. The van der Waals surface area contributed by atoms with Crippen molar-refractivity contribution in [2.24, 2.45) is 5.92 Å². The van der Waals surface area contributed by atoms with Gasteiger partial charge >= 0.3 is 0 Å². The average Bonchev–Trinajstić information content (AvgIpc) is 2.97. The maximum absolute atomic E-state index is 5.52. The molecule has 1 N–H and O–H groups in total. The molecule has 0 aliphatic heterocycles. The number of nitrogens with zero attached hydrogens (tertiary/aromatic N) is 2. The molecule has 1 aromatic heterocycles. The SMILES string of the molecule is COC1(c2noc(CNCC3CC3)n2)CCC1. The number of nitrogens with one attached hydrogen (secondary N) is 1. The molecule has 0 radical (unpaired) electrons. The summed E-state index contributed by atoms with van der Waals surface area (Å²) in [5, 5.41) is 7.39. The summed E-state index contributed by atoms with van der Waals surface area (Å²) in [6.45, 7) is 1.73. The fourth-order valence-electron chi connectivity index (χ4n) is 2.23. The second-order valence-electron chi connectivity index (χ2n) is 5.14. The molecule has 2 aliphatic carbocycles. The van der Waals surface area contributed by atoms with E-state index in [2.05, 4.69) is 15.5 Å². The molecule has 0 spiro atoms. The van der Waals surface area contributed by atoms with Crippen molar-refractivity contribution in [1.82, 2.24) is 15.5 Å². The number of hydrogen-bond donors (Lipinski definition) is 1. The Kier molecular flexibility index (Phi) is 2.88. The van der Waals surface area contributed by atoms with E-state index in [1.54, 1.807) is 7.11 Å². The molecule has 0 atom stereocenters. The first-order valence-electron chi connectivity index (χ1n) is 6.41. The lowest BCUT2D eigenvalue weighted by molar-refractivity contribution is -0.0858. The van der Waals surface area contributed by atoms with E-state index in [0.717, 1.165) is 31.1 Å². The first-order valence-corrected chi connectivity index (χ1v) is 6.41. The zero-order valence-corrected chi connectivity index (χ0v) is 10.2. The van der Waals surface area contributed by atoms with Gasteiger partial charge < -0.3 is 14.6 Å². The average molecular weight is 237 g/mol. The third-order valence-corrected chi connectivity index (χ3v) is 3.83. The van der Waals surface area contributed by atoms with Gasteiger partial charge in [0, 0.05) is 7.11 Å². The van der Waals surface area contributed by atoms with Crippen molar-refractivity contribution >= 4 is 0 Å². The summed E-state index contributed by atoms with van der Waals surface area (Å²) >= 11 is 0. The lowest BCUT2D eigenvalue weighted by Crippen LogP contribution is -2.37. The van der Waals surface area contributed by atoms with Gasteiger partial charge in [-0.2, -0.15) is 4.98 Å². The Balaban J connectivity index is 1.57. The molecule has 1 heterocycles. The first-order chi connectivity index (χ1) is 8.32. The van der Waals surface area contributed by atoms with Gasteiger partial charge in [0.25, 0.3) is 0 Å². The van der Waals surface area contributed by atoms with Crippen LogP contribution < -0.4 is 5.32 Å². The standard InChI is InChI=1S/C12H19N3O2/c1-16-12(5-2-6-12)11-14-10(17-15-11)8-13-7-9-3-4-9/h9,13H,2-8H2,1H3. The molecular weight excluding hydrogens is 218 g/mol. The summed E-state index contributed by atoms with van der Waals surface area (Å²) in [5.74, 6) is 2.26. The Morgan fingerprint density at radius 2 is 2.29 bits per heavy atom. The molecule has 5 nitrogen and oxygen atoms in total.